The van der Waals surface area contributed by atoms with Crippen LogP contribution in [0.2, 0.25) is 0 Å². The van der Waals surface area contributed by atoms with Crippen molar-refractivity contribution in [3.8, 4) is 0 Å². The molecule has 1 saturated heterocycles. The molecule has 31 heavy (non-hydrogen) atoms. The Balaban J connectivity index is 1.67. The number of piperidine rings is 1. The van der Waals surface area contributed by atoms with Crippen LogP contribution >= 0.6 is 0 Å². The Bertz CT molecular complexity index is 1040. The molecule has 1 heterocycles. The van der Waals surface area contributed by atoms with Crippen molar-refractivity contribution >= 4 is 21.9 Å². The molecule has 1 aliphatic heterocycles. The van der Waals surface area contributed by atoms with E-state index >= 15 is 0 Å². The van der Waals surface area contributed by atoms with Crippen LogP contribution in [-0.4, -0.2) is 43.8 Å². The summed E-state index contributed by atoms with van der Waals surface area (Å²) in [5, 5.41) is 2.66. The minimum Gasteiger partial charge on any atom is -0.449 e. The molecule has 9 heteroatoms. The van der Waals surface area contributed by atoms with Gasteiger partial charge in [0.05, 0.1) is 5.56 Å². The first-order valence-corrected chi connectivity index (χ1v) is 11.6. The molecule has 166 valence electrons. The number of sulfonamides is 1. The molecule has 0 bridgehead atoms. The van der Waals surface area contributed by atoms with Gasteiger partial charge in [0.2, 0.25) is 10.0 Å². The van der Waals surface area contributed by atoms with Gasteiger partial charge < -0.3 is 10.1 Å². The second kappa shape index (κ2) is 10.0. The van der Waals surface area contributed by atoms with Gasteiger partial charge >= 0.3 is 5.97 Å². The lowest BCUT2D eigenvalue weighted by Gasteiger charge is -2.26. The van der Waals surface area contributed by atoms with Crippen LogP contribution in [0.3, 0.4) is 0 Å². The fourth-order valence-electron chi connectivity index (χ4n) is 3.28. The van der Waals surface area contributed by atoms with Gasteiger partial charge in [0, 0.05) is 19.6 Å². The Morgan fingerprint density at radius 3 is 2.45 bits per heavy atom. The maximum absolute atomic E-state index is 14.3. The van der Waals surface area contributed by atoms with Crippen LogP contribution < -0.4 is 5.32 Å². The van der Waals surface area contributed by atoms with E-state index in [0.717, 1.165) is 30.2 Å². The minimum atomic E-state index is -4.06. The van der Waals surface area contributed by atoms with E-state index in [1.54, 1.807) is 0 Å². The van der Waals surface area contributed by atoms with Crippen molar-refractivity contribution in [3.05, 3.63) is 65.5 Å². The molecule has 1 aliphatic rings. The quantitative estimate of drug-likeness (QED) is 0.658. The normalized spacial score (nSPS) is 15.8. The molecule has 1 fully saturated rings. The maximum atomic E-state index is 14.3. The predicted molar refractivity (Wildman–Crippen MR) is 112 cm³/mol. The van der Waals surface area contributed by atoms with Gasteiger partial charge in [-0.05, 0) is 43.5 Å². The van der Waals surface area contributed by atoms with Gasteiger partial charge in [-0.1, -0.05) is 36.8 Å². The molecule has 0 radical (unpaired) electrons. The summed E-state index contributed by atoms with van der Waals surface area (Å²) in [6, 6.07) is 12.3. The van der Waals surface area contributed by atoms with Gasteiger partial charge in [0.1, 0.15) is 10.7 Å². The third-order valence-electron chi connectivity index (χ3n) is 5.06. The van der Waals surface area contributed by atoms with Crippen molar-refractivity contribution < 1.29 is 27.1 Å². The predicted octanol–water partition coefficient (Wildman–Crippen LogP) is 2.86. The molecule has 1 unspecified atom stereocenters. The van der Waals surface area contributed by atoms with E-state index in [1.165, 1.54) is 11.2 Å². The molecule has 2 aromatic rings. The zero-order valence-corrected chi connectivity index (χ0v) is 18.0. The zero-order chi connectivity index (χ0) is 22.4. The van der Waals surface area contributed by atoms with Crippen LogP contribution in [0.1, 0.15) is 42.1 Å². The lowest BCUT2D eigenvalue weighted by atomic mass is 10.2. The Hall–Kier alpha value is -2.78. The number of halogens is 1. The average Bonchev–Trinajstić information content (AvgIpc) is 2.78. The summed E-state index contributed by atoms with van der Waals surface area (Å²) in [6.07, 6.45) is 1.23. The summed E-state index contributed by atoms with van der Waals surface area (Å²) in [6.45, 7) is 2.31. The van der Waals surface area contributed by atoms with Crippen LogP contribution in [0.25, 0.3) is 0 Å². The smallest absolute Gasteiger partial charge is 0.338 e. The molecule has 1 amide bonds. The number of nitrogens with one attached hydrogen (secondary N) is 1. The summed E-state index contributed by atoms with van der Waals surface area (Å²) in [5.41, 5.74) is 0.750. The fourth-order valence-corrected chi connectivity index (χ4v) is 4.89. The Morgan fingerprint density at radius 2 is 1.77 bits per heavy atom. The number of esters is 1. The van der Waals surface area contributed by atoms with Crippen molar-refractivity contribution in [2.24, 2.45) is 0 Å². The Labute approximate surface area is 181 Å². The summed E-state index contributed by atoms with van der Waals surface area (Å²) >= 11 is 0. The van der Waals surface area contributed by atoms with Crippen LogP contribution in [-0.2, 0) is 26.1 Å². The number of carbonyl (C=O) groups excluding carboxylic acids is 2. The highest BCUT2D eigenvalue weighted by Gasteiger charge is 2.30. The largest absolute Gasteiger partial charge is 0.449 e. The standard InChI is InChI=1S/C22H25FN2O5S/c1-16(21(26)24-15-17-8-4-2-5-9-17)30-22(27)18-10-11-19(23)20(14-18)31(28,29)25-12-6-3-7-13-25/h2,4-5,8-11,14,16H,3,6-7,12-13,15H2,1H3,(H,24,26). The summed E-state index contributed by atoms with van der Waals surface area (Å²) in [7, 11) is -4.06. The van der Waals surface area contributed by atoms with E-state index in [4.69, 9.17) is 4.74 Å². The lowest BCUT2D eigenvalue weighted by Crippen LogP contribution is -2.36. The van der Waals surface area contributed by atoms with Crippen LogP contribution in [0.4, 0.5) is 4.39 Å². The third-order valence-corrected chi connectivity index (χ3v) is 6.98. The van der Waals surface area contributed by atoms with Crippen LogP contribution in [0.5, 0.6) is 0 Å². The summed E-state index contributed by atoms with van der Waals surface area (Å²) in [4.78, 5) is 24.1. The van der Waals surface area contributed by atoms with Gasteiger partial charge in [-0.15, -0.1) is 0 Å². The number of hydrogen-bond acceptors (Lipinski definition) is 5. The molecule has 0 spiro atoms. The van der Waals surface area contributed by atoms with E-state index in [0.29, 0.717) is 25.9 Å². The number of benzene rings is 2. The summed E-state index contributed by atoms with van der Waals surface area (Å²) < 4.78 is 46.3. The van der Waals surface area contributed by atoms with Crippen molar-refractivity contribution in [2.75, 3.05) is 13.1 Å². The number of nitrogens with zero attached hydrogens (tertiary/aromatic N) is 1. The maximum Gasteiger partial charge on any atom is 0.338 e. The van der Waals surface area contributed by atoms with E-state index in [1.807, 2.05) is 30.3 Å². The number of carbonyl (C=O) groups is 2. The highest BCUT2D eigenvalue weighted by Crippen LogP contribution is 2.24. The highest BCUT2D eigenvalue weighted by atomic mass is 32.2. The first-order valence-electron chi connectivity index (χ1n) is 10.1. The molecule has 2 aromatic carbocycles. The van der Waals surface area contributed by atoms with Crippen molar-refractivity contribution in [3.63, 3.8) is 0 Å². The fraction of sp³-hybridized carbons (Fsp3) is 0.364. The van der Waals surface area contributed by atoms with Gasteiger partial charge in [-0.2, -0.15) is 4.31 Å². The second-order valence-electron chi connectivity index (χ2n) is 7.36. The van der Waals surface area contributed by atoms with Gasteiger partial charge in [0.15, 0.2) is 6.10 Å². The number of hydrogen-bond donors (Lipinski definition) is 1. The molecular formula is C22H25FN2O5S. The minimum absolute atomic E-state index is 0.139. The van der Waals surface area contributed by atoms with E-state index in [9.17, 15) is 22.4 Å². The molecule has 1 atom stereocenters. The van der Waals surface area contributed by atoms with Crippen LogP contribution in [0, 0.1) is 5.82 Å². The van der Waals surface area contributed by atoms with E-state index < -0.39 is 38.7 Å². The Morgan fingerprint density at radius 1 is 1.10 bits per heavy atom. The first-order chi connectivity index (χ1) is 14.8. The van der Waals surface area contributed by atoms with Crippen molar-refractivity contribution in [1.82, 2.24) is 9.62 Å². The molecule has 0 aliphatic carbocycles. The first kappa shape index (κ1) is 22.9. The molecule has 1 N–H and O–H groups in total. The van der Waals surface area contributed by atoms with Gasteiger partial charge in [-0.3, -0.25) is 4.79 Å². The number of amides is 1. The molecule has 0 saturated carbocycles. The number of ether oxygens (including phenoxy) is 1. The summed E-state index contributed by atoms with van der Waals surface area (Å²) in [5.74, 6) is -2.34. The van der Waals surface area contributed by atoms with Gasteiger partial charge in [0.25, 0.3) is 5.91 Å². The SMILES string of the molecule is CC(OC(=O)c1ccc(F)c(S(=O)(=O)N2CCCCC2)c1)C(=O)NCc1ccccc1. The Kier molecular flexibility index (Phi) is 7.40. The molecular weight excluding hydrogens is 423 g/mol. The van der Waals surface area contributed by atoms with E-state index in [-0.39, 0.29) is 12.1 Å². The molecule has 7 nitrogen and oxygen atoms in total. The topological polar surface area (TPSA) is 92.8 Å². The van der Waals surface area contributed by atoms with Crippen molar-refractivity contribution in [1.29, 1.82) is 0 Å². The van der Waals surface area contributed by atoms with E-state index in [2.05, 4.69) is 5.32 Å². The average molecular weight is 449 g/mol. The molecule has 3 rings (SSSR count). The second-order valence-corrected chi connectivity index (χ2v) is 9.27. The monoisotopic (exact) mass is 448 g/mol. The zero-order valence-electron chi connectivity index (χ0n) is 17.2. The van der Waals surface area contributed by atoms with Crippen LogP contribution in [0.15, 0.2) is 53.4 Å². The van der Waals surface area contributed by atoms with Crippen molar-refractivity contribution in [2.45, 2.75) is 43.7 Å². The number of rotatable bonds is 7. The third kappa shape index (κ3) is 5.68. The van der Waals surface area contributed by atoms with Gasteiger partial charge in [-0.25, -0.2) is 17.6 Å². The lowest BCUT2D eigenvalue weighted by molar-refractivity contribution is -0.129. The molecule has 0 aromatic heterocycles. The highest BCUT2D eigenvalue weighted by molar-refractivity contribution is 7.89.